The first-order valence-corrected chi connectivity index (χ1v) is 5.78. The van der Waals surface area contributed by atoms with Gasteiger partial charge < -0.3 is 10.8 Å². The largest absolute Gasteiger partial charge is 0.478 e. The number of nitrogen functional groups attached to an aromatic ring is 1. The second kappa shape index (κ2) is 5.79. The van der Waals surface area contributed by atoms with Crippen LogP contribution in [0.2, 0.25) is 0 Å². The van der Waals surface area contributed by atoms with Gasteiger partial charge >= 0.3 is 5.97 Å². The number of aromatic carboxylic acids is 1. The Bertz CT molecular complexity index is 489. The Morgan fingerprint density at radius 2 is 2.33 bits per heavy atom. The molecule has 0 radical (unpaired) electrons. The number of carboxylic acid groups (broad SMARTS) is 1. The number of rotatable bonds is 5. The molecule has 0 unspecified atom stereocenters. The Hall–Kier alpha value is -1.66. The van der Waals surface area contributed by atoms with Crippen molar-refractivity contribution in [3.63, 3.8) is 0 Å². The van der Waals surface area contributed by atoms with Gasteiger partial charge in [-0.25, -0.2) is 9.86 Å². The number of hydroxylamine groups is 1. The summed E-state index contributed by atoms with van der Waals surface area (Å²) in [6, 6.07) is 1.59. The lowest BCUT2D eigenvalue weighted by molar-refractivity contribution is 0.0692. The maximum atomic E-state index is 11.4. The van der Waals surface area contributed by atoms with Crippen LogP contribution in [-0.2, 0) is 4.84 Å². The molecule has 0 amide bonds. The second-order valence-corrected chi connectivity index (χ2v) is 4.05. The van der Waals surface area contributed by atoms with E-state index in [-0.39, 0.29) is 16.9 Å². The lowest BCUT2D eigenvalue weighted by Crippen LogP contribution is -2.21. The molecule has 6 heteroatoms. The number of benzene rings is 1. The van der Waals surface area contributed by atoms with Crippen LogP contribution in [0.5, 0.6) is 0 Å². The molecule has 0 saturated heterocycles. The van der Waals surface area contributed by atoms with Crippen LogP contribution < -0.4 is 10.8 Å². The van der Waals surface area contributed by atoms with Gasteiger partial charge in [-0.05, 0) is 25.5 Å². The Morgan fingerprint density at radius 3 is 2.78 bits per heavy atom. The molecule has 0 aromatic heterocycles. The number of nitrogens with zero attached hydrogens (tertiary/aromatic N) is 1. The lowest BCUT2D eigenvalue weighted by Gasteiger charge is -2.23. The molecule has 0 heterocycles. The van der Waals surface area contributed by atoms with Gasteiger partial charge in [0, 0.05) is 11.1 Å². The fourth-order valence-corrected chi connectivity index (χ4v) is 1.87. The standard InChI is InChI=1S/C12H16N2O3S/c1-4-14(17-5-2)11-8(13)6-9(18)7(3)10(11)12(15)16/h4,6,18H,1,5,13H2,2-3H3,(H,15,16). The summed E-state index contributed by atoms with van der Waals surface area (Å²) in [7, 11) is 0. The van der Waals surface area contributed by atoms with Gasteiger partial charge in [-0.2, -0.15) is 0 Å². The van der Waals surface area contributed by atoms with Crippen LogP contribution in [0.4, 0.5) is 11.4 Å². The van der Waals surface area contributed by atoms with Crippen molar-refractivity contribution in [1.82, 2.24) is 0 Å². The molecule has 0 aliphatic heterocycles. The highest BCUT2D eigenvalue weighted by Gasteiger charge is 2.22. The smallest absolute Gasteiger partial charge is 0.338 e. The highest BCUT2D eigenvalue weighted by Crippen LogP contribution is 2.34. The maximum Gasteiger partial charge on any atom is 0.338 e. The number of anilines is 2. The van der Waals surface area contributed by atoms with Crippen molar-refractivity contribution in [2.24, 2.45) is 0 Å². The van der Waals surface area contributed by atoms with Crippen LogP contribution >= 0.6 is 12.6 Å². The molecule has 0 atom stereocenters. The third kappa shape index (κ3) is 2.60. The lowest BCUT2D eigenvalue weighted by atomic mass is 10.0. The van der Waals surface area contributed by atoms with E-state index >= 15 is 0 Å². The highest BCUT2D eigenvalue weighted by molar-refractivity contribution is 7.80. The molecule has 98 valence electrons. The SMILES string of the molecule is C=CN(OCC)c1c(N)cc(S)c(C)c1C(=O)O. The van der Waals surface area contributed by atoms with Gasteiger partial charge in [-0.15, -0.1) is 12.6 Å². The van der Waals surface area contributed by atoms with Gasteiger partial charge in [0.2, 0.25) is 0 Å². The summed E-state index contributed by atoms with van der Waals surface area (Å²) in [5.74, 6) is -1.09. The minimum absolute atomic E-state index is 0.0633. The second-order valence-electron chi connectivity index (χ2n) is 3.56. The zero-order valence-electron chi connectivity index (χ0n) is 10.3. The Labute approximate surface area is 111 Å². The van der Waals surface area contributed by atoms with Crippen molar-refractivity contribution in [2.45, 2.75) is 18.7 Å². The predicted octanol–water partition coefficient (Wildman–Crippen LogP) is 2.47. The van der Waals surface area contributed by atoms with E-state index < -0.39 is 5.97 Å². The van der Waals surface area contributed by atoms with Crippen LogP contribution in [0, 0.1) is 6.92 Å². The summed E-state index contributed by atoms with van der Waals surface area (Å²) < 4.78 is 0. The fourth-order valence-electron chi connectivity index (χ4n) is 1.62. The number of carboxylic acids is 1. The van der Waals surface area contributed by atoms with Crippen LogP contribution in [0.15, 0.2) is 23.7 Å². The van der Waals surface area contributed by atoms with Gasteiger partial charge in [0.25, 0.3) is 0 Å². The average Bonchev–Trinajstić information content (AvgIpc) is 2.30. The summed E-state index contributed by atoms with van der Waals surface area (Å²) >= 11 is 4.20. The predicted molar refractivity (Wildman–Crippen MR) is 74.1 cm³/mol. The Balaban J connectivity index is 3.54. The van der Waals surface area contributed by atoms with Crippen LogP contribution in [0.3, 0.4) is 0 Å². The molecule has 0 fully saturated rings. The quantitative estimate of drug-likeness (QED) is 0.434. The van der Waals surface area contributed by atoms with E-state index in [9.17, 15) is 9.90 Å². The third-order valence-corrected chi connectivity index (χ3v) is 2.89. The van der Waals surface area contributed by atoms with Crippen molar-refractivity contribution in [3.8, 4) is 0 Å². The molecule has 3 N–H and O–H groups in total. The fraction of sp³-hybridized carbons (Fsp3) is 0.250. The number of carbonyl (C=O) groups is 1. The van der Waals surface area contributed by atoms with Crippen molar-refractivity contribution < 1.29 is 14.7 Å². The van der Waals surface area contributed by atoms with E-state index in [0.29, 0.717) is 17.1 Å². The Kier molecular flexibility index (Phi) is 4.63. The van der Waals surface area contributed by atoms with Gasteiger partial charge in [-0.1, -0.05) is 6.58 Å². The van der Waals surface area contributed by atoms with E-state index in [1.165, 1.54) is 11.3 Å². The molecule has 1 aromatic carbocycles. The van der Waals surface area contributed by atoms with Crippen molar-refractivity contribution >= 4 is 30.0 Å². The van der Waals surface area contributed by atoms with E-state index in [0.717, 1.165) is 0 Å². The van der Waals surface area contributed by atoms with Crippen LogP contribution in [-0.4, -0.2) is 17.7 Å². The summed E-state index contributed by atoms with van der Waals surface area (Å²) in [4.78, 5) is 17.2. The number of hydrogen-bond donors (Lipinski definition) is 3. The zero-order chi connectivity index (χ0) is 13.9. The summed E-state index contributed by atoms with van der Waals surface area (Å²) in [6.45, 7) is 7.40. The van der Waals surface area contributed by atoms with E-state index in [1.807, 2.05) is 0 Å². The van der Waals surface area contributed by atoms with E-state index in [1.54, 1.807) is 19.9 Å². The molecule has 0 spiro atoms. The minimum atomic E-state index is -1.09. The van der Waals surface area contributed by atoms with Crippen LogP contribution in [0.25, 0.3) is 0 Å². The molecule has 0 aliphatic carbocycles. The summed E-state index contributed by atoms with van der Waals surface area (Å²) in [5, 5.41) is 10.6. The first-order chi connectivity index (χ1) is 8.43. The molecule has 1 aromatic rings. The molecule has 0 aliphatic rings. The van der Waals surface area contributed by atoms with Crippen molar-refractivity contribution in [3.05, 3.63) is 30.0 Å². The van der Waals surface area contributed by atoms with Crippen LogP contribution in [0.1, 0.15) is 22.8 Å². The normalized spacial score (nSPS) is 10.2. The molecule has 0 saturated carbocycles. The number of nitrogens with two attached hydrogens (primary N) is 1. The maximum absolute atomic E-state index is 11.4. The first kappa shape index (κ1) is 14.4. The summed E-state index contributed by atoms with van der Waals surface area (Å²) in [5.41, 5.74) is 6.99. The minimum Gasteiger partial charge on any atom is -0.478 e. The molecule has 18 heavy (non-hydrogen) atoms. The third-order valence-electron chi connectivity index (χ3n) is 2.43. The van der Waals surface area contributed by atoms with Gasteiger partial charge in [0.15, 0.2) is 0 Å². The van der Waals surface area contributed by atoms with E-state index in [4.69, 9.17) is 10.6 Å². The van der Waals surface area contributed by atoms with Gasteiger partial charge in [-0.3, -0.25) is 4.84 Å². The zero-order valence-corrected chi connectivity index (χ0v) is 11.2. The molecule has 1 rings (SSSR count). The topological polar surface area (TPSA) is 75.8 Å². The van der Waals surface area contributed by atoms with Crippen molar-refractivity contribution in [1.29, 1.82) is 0 Å². The molecule has 5 nitrogen and oxygen atoms in total. The van der Waals surface area contributed by atoms with Crippen molar-refractivity contribution in [2.75, 3.05) is 17.4 Å². The van der Waals surface area contributed by atoms with E-state index in [2.05, 4.69) is 19.2 Å². The first-order valence-electron chi connectivity index (χ1n) is 5.34. The number of hydrogen-bond acceptors (Lipinski definition) is 5. The molecule has 0 bridgehead atoms. The summed E-state index contributed by atoms with van der Waals surface area (Å²) in [6.07, 6.45) is 1.37. The van der Waals surface area contributed by atoms with Gasteiger partial charge in [0.05, 0.1) is 17.9 Å². The molecular formula is C12H16N2O3S. The monoisotopic (exact) mass is 268 g/mol. The highest BCUT2D eigenvalue weighted by atomic mass is 32.1. The van der Waals surface area contributed by atoms with Gasteiger partial charge in [0.1, 0.15) is 5.69 Å². The average molecular weight is 268 g/mol. The number of thiol groups is 1. The molecular weight excluding hydrogens is 252 g/mol. The Morgan fingerprint density at radius 1 is 1.72 bits per heavy atom.